The molecule has 0 spiro atoms. The summed E-state index contributed by atoms with van der Waals surface area (Å²) in [6.07, 6.45) is -4.59. The normalized spacial score (nSPS) is 12.0. The average Bonchev–Trinajstić information content (AvgIpc) is 2.80. The van der Waals surface area contributed by atoms with E-state index in [-0.39, 0.29) is 11.4 Å². The number of nitrogens with zero attached hydrogens (tertiary/aromatic N) is 1. The number of H-pyrrole nitrogens is 1. The maximum absolute atomic E-state index is 13.4. The number of aromatic nitrogens is 2. The molecule has 1 aromatic heterocycles. The summed E-state index contributed by atoms with van der Waals surface area (Å²) in [5.41, 5.74) is 0.321. The Balaban J connectivity index is 2.16. The van der Waals surface area contributed by atoms with Gasteiger partial charge in [-0.1, -0.05) is 12.1 Å². The third-order valence-corrected chi connectivity index (χ3v) is 2.89. The smallest absolute Gasteiger partial charge is 0.338 e. The van der Waals surface area contributed by atoms with Crippen molar-refractivity contribution in [1.29, 1.82) is 0 Å². The second kappa shape index (κ2) is 4.33. The van der Waals surface area contributed by atoms with Gasteiger partial charge in [0.25, 0.3) is 0 Å². The van der Waals surface area contributed by atoms with Crippen molar-refractivity contribution in [2.45, 2.75) is 6.18 Å². The van der Waals surface area contributed by atoms with Crippen molar-refractivity contribution in [3.8, 4) is 11.4 Å². The van der Waals surface area contributed by atoms with Crippen LogP contribution >= 0.6 is 0 Å². The predicted molar refractivity (Wildman–Crippen MR) is 66.5 cm³/mol. The van der Waals surface area contributed by atoms with Gasteiger partial charge in [-0.2, -0.15) is 13.2 Å². The SMILES string of the molecule is Fc1cc(-c2nc3ccccc3[nH]2)cc(C(F)(F)F)c1. The third kappa shape index (κ3) is 2.24. The molecule has 0 radical (unpaired) electrons. The van der Waals surface area contributed by atoms with Gasteiger partial charge < -0.3 is 4.98 Å². The number of fused-ring (bicyclic) bond motifs is 1. The number of alkyl halides is 3. The fraction of sp³-hybridized carbons (Fsp3) is 0.0714. The van der Waals surface area contributed by atoms with E-state index in [4.69, 9.17) is 0 Å². The average molecular weight is 280 g/mol. The van der Waals surface area contributed by atoms with Crippen LogP contribution in [0.3, 0.4) is 0 Å². The first-order valence-electron chi connectivity index (χ1n) is 5.76. The van der Waals surface area contributed by atoms with Crippen LogP contribution in [0.15, 0.2) is 42.5 Å². The number of aromatic amines is 1. The van der Waals surface area contributed by atoms with E-state index in [1.165, 1.54) is 0 Å². The largest absolute Gasteiger partial charge is 0.416 e. The second-order valence-electron chi connectivity index (χ2n) is 4.33. The van der Waals surface area contributed by atoms with Crippen LogP contribution < -0.4 is 0 Å². The van der Waals surface area contributed by atoms with Gasteiger partial charge in [0.15, 0.2) is 0 Å². The van der Waals surface area contributed by atoms with Gasteiger partial charge in [0.2, 0.25) is 0 Å². The van der Waals surface area contributed by atoms with E-state index in [1.807, 2.05) is 0 Å². The maximum atomic E-state index is 13.4. The first-order chi connectivity index (χ1) is 9.43. The van der Waals surface area contributed by atoms with Crippen LogP contribution in [0.5, 0.6) is 0 Å². The van der Waals surface area contributed by atoms with E-state index in [2.05, 4.69) is 9.97 Å². The van der Waals surface area contributed by atoms with Crippen LogP contribution in [-0.4, -0.2) is 9.97 Å². The molecule has 0 atom stereocenters. The van der Waals surface area contributed by atoms with Crippen LogP contribution in [0.1, 0.15) is 5.56 Å². The first-order valence-corrected chi connectivity index (χ1v) is 5.76. The van der Waals surface area contributed by atoms with E-state index in [0.717, 1.165) is 12.1 Å². The summed E-state index contributed by atoms with van der Waals surface area (Å²) >= 11 is 0. The Kier molecular flexibility index (Phi) is 2.74. The van der Waals surface area contributed by atoms with Crippen molar-refractivity contribution >= 4 is 11.0 Å². The Morgan fingerprint density at radius 3 is 2.45 bits per heavy atom. The molecule has 0 bridgehead atoms. The van der Waals surface area contributed by atoms with Gasteiger partial charge in [-0.3, -0.25) is 0 Å². The molecule has 0 fully saturated rings. The Hall–Kier alpha value is -2.37. The molecule has 0 amide bonds. The molecule has 0 aliphatic heterocycles. The highest BCUT2D eigenvalue weighted by Gasteiger charge is 2.31. The third-order valence-electron chi connectivity index (χ3n) is 2.89. The van der Waals surface area contributed by atoms with E-state index in [9.17, 15) is 17.6 Å². The van der Waals surface area contributed by atoms with Gasteiger partial charge in [-0.25, -0.2) is 9.37 Å². The van der Waals surface area contributed by atoms with Crippen LogP contribution in [0.25, 0.3) is 22.4 Å². The van der Waals surface area contributed by atoms with Crippen molar-refractivity contribution in [2.24, 2.45) is 0 Å². The molecular formula is C14H8F4N2. The van der Waals surface area contributed by atoms with Crippen LogP contribution in [0.4, 0.5) is 17.6 Å². The van der Waals surface area contributed by atoms with E-state index < -0.39 is 17.6 Å². The molecule has 1 N–H and O–H groups in total. The number of benzene rings is 2. The number of para-hydroxylation sites is 2. The number of hydrogen-bond donors (Lipinski definition) is 1. The Bertz CT molecular complexity index is 741. The maximum Gasteiger partial charge on any atom is 0.416 e. The zero-order valence-corrected chi connectivity index (χ0v) is 10.0. The minimum atomic E-state index is -4.59. The van der Waals surface area contributed by atoms with E-state index in [1.54, 1.807) is 24.3 Å². The summed E-state index contributed by atoms with van der Waals surface area (Å²) in [5, 5.41) is 0. The zero-order valence-electron chi connectivity index (χ0n) is 10.0. The van der Waals surface area contributed by atoms with Gasteiger partial charge in [0.1, 0.15) is 11.6 Å². The highest BCUT2D eigenvalue weighted by molar-refractivity contribution is 5.79. The molecule has 20 heavy (non-hydrogen) atoms. The Morgan fingerprint density at radius 1 is 1.00 bits per heavy atom. The minimum Gasteiger partial charge on any atom is -0.338 e. The van der Waals surface area contributed by atoms with Crippen molar-refractivity contribution in [3.05, 3.63) is 53.8 Å². The van der Waals surface area contributed by atoms with Gasteiger partial charge in [-0.15, -0.1) is 0 Å². The van der Waals surface area contributed by atoms with Gasteiger partial charge >= 0.3 is 6.18 Å². The number of hydrogen-bond acceptors (Lipinski definition) is 1. The Morgan fingerprint density at radius 2 is 1.75 bits per heavy atom. The molecule has 3 rings (SSSR count). The molecule has 102 valence electrons. The standard InChI is InChI=1S/C14H8F4N2/c15-10-6-8(5-9(7-10)14(16,17)18)13-19-11-3-1-2-4-12(11)20-13/h1-7H,(H,19,20). The molecule has 0 unspecified atom stereocenters. The molecule has 6 heteroatoms. The fourth-order valence-corrected chi connectivity index (χ4v) is 1.98. The lowest BCUT2D eigenvalue weighted by molar-refractivity contribution is -0.137. The highest BCUT2D eigenvalue weighted by Crippen LogP contribution is 2.32. The number of nitrogens with one attached hydrogen (secondary N) is 1. The van der Waals surface area contributed by atoms with Crippen molar-refractivity contribution in [2.75, 3.05) is 0 Å². The number of imidazole rings is 1. The topological polar surface area (TPSA) is 28.7 Å². The molecule has 0 saturated heterocycles. The summed E-state index contributed by atoms with van der Waals surface area (Å²) in [6, 6.07) is 9.37. The summed E-state index contributed by atoms with van der Waals surface area (Å²) in [6.45, 7) is 0. The highest BCUT2D eigenvalue weighted by atomic mass is 19.4. The van der Waals surface area contributed by atoms with Crippen molar-refractivity contribution in [3.63, 3.8) is 0 Å². The second-order valence-corrected chi connectivity index (χ2v) is 4.33. The van der Waals surface area contributed by atoms with Crippen LogP contribution in [-0.2, 0) is 6.18 Å². The molecule has 3 aromatic rings. The predicted octanol–water partition coefficient (Wildman–Crippen LogP) is 4.39. The monoisotopic (exact) mass is 280 g/mol. The molecule has 2 nitrogen and oxygen atoms in total. The lowest BCUT2D eigenvalue weighted by Gasteiger charge is -2.08. The van der Waals surface area contributed by atoms with Gasteiger partial charge in [0.05, 0.1) is 16.6 Å². The molecule has 0 aliphatic rings. The summed E-state index contributed by atoms with van der Waals surface area (Å²) in [5.74, 6) is -0.744. The zero-order chi connectivity index (χ0) is 14.3. The molecule has 0 aliphatic carbocycles. The molecule has 0 saturated carbocycles. The summed E-state index contributed by atoms with van der Waals surface area (Å²) in [7, 11) is 0. The number of halogens is 4. The minimum absolute atomic E-state index is 0.0634. The molecule has 1 heterocycles. The lowest BCUT2D eigenvalue weighted by Crippen LogP contribution is -2.05. The lowest BCUT2D eigenvalue weighted by atomic mass is 10.1. The first kappa shape index (κ1) is 12.7. The Labute approximate surface area is 111 Å². The number of rotatable bonds is 1. The van der Waals surface area contributed by atoms with Gasteiger partial charge in [0, 0.05) is 5.56 Å². The quantitative estimate of drug-likeness (QED) is 0.658. The van der Waals surface area contributed by atoms with Crippen LogP contribution in [0, 0.1) is 5.82 Å². The van der Waals surface area contributed by atoms with Gasteiger partial charge in [-0.05, 0) is 30.3 Å². The van der Waals surface area contributed by atoms with Crippen LogP contribution in [0.2, 0.25) is 0 Å². The molecule has 2 aromatic carbocycles. The van der Waals surface area contributed by atoms with E-state index >= 15 is 0 Å². The summed E-state index contributed by atoms with van der Waals surface area (Å²) < 4.78 is 51.4. The fourth-order valence-electron chi connectivity index (χ4n) is 1.98. The molecular weight excluding hydrogens is 272 g/mol. The summed E-state index contributed by atoms with van der Waals surface area (Å²) in [4.78, 5) is 7.03. The van der Waals surface area contributed by atoms with Crippen molar-refractivity contribution < 1.29 is 17.6 Å². The van der Waals surface area contributed by atoms with E-state index in [0.29, 0.717) is 17.1 Å². The van der Waals surface area contributed by atoms with Crippen molar-refractivity contribution in [1.82, 2.24) is 9.97 Å².